The Morgan fingerprint density at radius 3 is 2.46 bits per heavy atom. The number of benzene rings is 1. The number of hydrogen-bond donors (Lipinski definition) is 0. The molecule has 3 heteroatoms. The Balaban J connectivity index is 1.57. The number of para-hydroxylation sites is 1. The van der Waals surface area contributed by atoms with Crippen LogP contribution >= 0.6 is 0 Å². The number of carbonyl (C=O) groups excluding carboxylic acids is 2. The van der Waals surface area contributed by atoms with Crippen molar-refractivity contribution in [3.8, 4) is 5.75 Å². The summed E-state index contributed by atoms with van der Waals surface area (Å²) >= 11 is 0. The van der Waals surface area contributed by atoms with E-state index in [2.05, 4.69) is 26.0 Å². The Kier molecular flexibility index (Phi) is 3.94. The molecule has 28 heavy (non-hydrogen) atoms. The minimum Gasteiger partial charge on any atom is -0.453 e. The molecule has 5 rings (SSSR count). The number of hydrogen-bond acceptors (Lipinski definition) is 3. The van der Waals surface area contributed by atoms with E-state index in [1.807, 2.05) is 30.3 Å². The van der Waals surface area contributed by atoms with E-state index in [-0.39, 0.29) is 16.6 Å². The molecule has 1 aromatic carbocycles. The van der Waals surface area contributed by atoms with Crippen LogP contribution < -0.4 is 4.74 Å². The molecule has 4 aliphatic carbocycles. The Bertz CT molecular complexity index is 896. The quantitative estimate of drug-likeness (QED) is 0.706. The van der Waals surface area contributed by atoms with Gasteiger partial charge in [0, 0.05) is 29.2 Å². The number of fused-ring (bicyclic) bond motifs is 5. The summed E-state index contributed by atoms with van der Waals surface area (Å²) in [5.74, 6) is 3.19. The van der Waals surface area contributed by atoms with E-state index in [4.69, 9.17) is 4.74 Å². The van der Waals surface area contributed by atoms with Gasteiger partial charge in [-0.1, -0.05) is 44.2 Å². The van der Waals surface area contributed by atoms with E-state index >= 15 is 0 Å². The molecule has 2 fully saturated rings. The summed E-state index contributed by atoms with van der Waals surface area (Å²) in [5.41, 5.74) is 0.878. The zero-order valence-electron chi connectivity index (χ0n) is 16.7. The Morgan fingerprint density at radius 1 is 0.929 bits per heavy atom. The lowest BCUT2D eigenvalue weighted by atomic mass is 9.49. The van der Waals surface area contributed by atoms with Crippen molar-refractivity contribution < 1.29 is 14.3 Å². The largest absolute Gasteiger partial charge is 0.453 e. The van der Waals surface area contributed by atoms with Gasteiger partial charge >= 0.3 is 0 Å². The van der Waals surface area contributed by atoms with Gasteiger partial charge in [0.05, 0.1) is 0 Å². The second-order valence-electron chi connectivity index (χ2n) is 9.57. The predicted molar refractivity (Wildman–Crippen MR) is 108 cm³/mol. The van der Waals surface area contributed by atoms with Crippen molar-refractivity contribution in [2.75, 3.05) is 0 Å². The molecule has 0 amide bonds. The van der Waals surface area contributed by atoms with Gasteiger partial charge < -0.3 is 4.74 Å². The topological polar surface area (TPSA) is 43.4 Å². The van der Waals surface area contributed by atoms with Crippen molar-refractivity contribution >= 4 is 11.6 Å². The van der Waals surface area contributed by atoms with Crippen LogP contribution in [0.2, 0.25) is 0 Å². The summed E-state index contributed by atoms with van der Waals surface area (Å²) in [5, 5.41) is 0. The van der Waals surface area contributed by atoms with Crippen LogP contribution in [0.4, 0.5) is 0 Å². The average molecular weight is 376 g/mol. The highest BCUT2D eigenvalue weighted by Gasteiger charge is 2.58. The second kappa shape index (κ2) is 6.17. The van der Waals surface area contributed by atoms with Gasteiger partial charge in [0.25, 0.3) is 0 Å². The average Bonchev–Trinajstić information content (AvgIpc) is 3.00. The van der Waals surface area contributed by atoms with Crippen LogP contribution in [-0.2, 0) is 9.59 Å². The first-order valence-corrected chi connectivity index (χ1v) is 10.7. The summed E-state index contributed by atoms with van der Waals surface area (Å²) in [6.07, 6.45) is 9.67. The van der Waals surface area contributed by atoms with Crippen LogP contribution in [-0.4, -0.2) is 11.6 Å². The molecule has 0 radical (unpaired) electrons. The van der Waals surface area contributed by atoms with Gasteiger partial charge in [-0.2, -0.15) is 0 Å². The van der Waals surface area contributed by atoms with E-state index < -0.39 is 0 Å². The van der Waals surface area contributed by atoms with Gasteiger partial charge in [-0.05, 0) is 55.6 Å². The predicted octanol–water partition coefficient (Wildman–Crippen LogP) is 5.27. The first-order valence-electron chi connectivity index (χ1n) is 10.7. The SMILES string of the molecule is C[C@]12CCC(=O)C(Oc3ccccc3)=C1C=C[C@@H]1[C@@H]2CC[C@]2(C)C(=O)CC[C@@H]12. The number of carbonyl (C=O) groups is 2. The highest BCUT2D eigenvalue weighted by atomic mass is 16.5. The molecule has 0 aromatic heterocycles. The number of Topliss-reactive ketones (excluding diaryl/α,β-unsaturated/α-hetero) is 2. The smallest absolute Gasteiger partial charge is 0.198 e. The van der Waals surface area contributed by atoms with Crippen molar-refractivity contribution in [3.63, 3.8) is 0 Å². The lowest BCUT2D eigenvalue weighted by molar-refractivity contribution is -0.130. The van der Waals surface area contributed by atoms with Gasteiger partial charge in [-0.3, -0.25) is 9.59 Å². The summed E-state index contributed by atoms with van der Waals surface area (Å²) in [6, 6.07) is 9.61. The summed E-state index contributed by atoms with van der Waals surface area (Å²) in [6.45, 7) is 4.52. The highest BCUT2D eigenvalue weighted by molar-refractivity contribution is 5.96. The molecule has 0 bridgehead atoms. The molecule has 0 N–H and O–H groups in total. The standard InChI is InChI=1S/C25H28O3/c1-24-15-13-21(26)23(28-16-6-4-3-5-7-16)20(24)9-8-17-18-10-11-22(27)25(18,2)14-12-19(17)24/h3-9,17-19H,10-15H2,1-2H3/t17-,18-,19-,24+,25-/m0/s1. The van der Waals surface area contributed by atoms with Crippen LogP contribution in [0, 0.1) is 28.6 Å². The fraction of sp³-hybridized carbons (Fsp3) is 0.520. The van der Waals surface area contributed by atoms with E-state index in [1.165, 1.54) is 0 Å². The minimum absolute atomic E-state index is 0.0512. The molecule has 0 unspecified atom stereocenters. The van der Waals surface area contributed by atoms with Crippen LogP contribution in [0.25, 0.3) is 0 Å². The molecule has 0 saturated heterocycles. The number of ether oxygens (including phenoxy) is 1. The van der Waals surface area contributed by atoms with Gasteiger partial charge in [-0.25, -0.2) is 0 Å². The maximum atomic E-state index is 12.8. The van der Waals surface area contributed by atoms with Crippen molar-refractivity contribution in [2.24, 2.45) is 28.6 Å². The third kappa shape index (κ3) is 2.41. The third-order valence-electron chi connectivity index (χ3n) is 8.29. The van der Waals surface area contributed by atoms with Gasteiger partial charge in [-0.15, -0.1) is 0 Å². The molecule has 146 valence electrons. The zero-order chi connectivity index (χ0) is 19.5. The summed E-state index contributed by atoms with van der Waals surface area (Å²) < 4.78 is 6.13. The first-order chi connectivity index (χ1) is 13.4. The summed E-state index contributed by atoms with van der Waals surface area (Å²) in [4.78, 5) is 25.3. The Morgan fingerprint density at radius 2 is 1.68 bits per heavy atom. The molecule has 0 spiro atoms. The van der Waals surface area contributed by atoms with E-state index in [9.17, 15) is 9.59 Å². The van der Waals surface area contributed by atoms with Crippen LogP contribution in [0.5, 0.6) is 5.75 Å². The maximum absolute atomic E-state index is 12.8. The van der Waals surface area contributed by atoms with Crippen LogP contribution in [0.15, 0.2) is 53.8 Å². The minimum atomic E-state index is -0.142. The van der Waals surface area contributed by atoms with E-state index in [1.54, 1.807) is 0 Å². The van der Waals surface area contributed by atoms with Gasteiger partial charge in [0.15, 0.2) is 11.5 Å². The fourth-order valence-electron chi connectivity index (χ4n) is 6.59. The lowest BCUT2D eigenvalue weighted by Crippen LogP contribution is -2.49. The number of allylic oxidation sites excluding steroid dienone is 4. The monoisotopic (exact) mass is 376 g/mol. The number of ketones is 2. The highest BCUT2D eigenvalue weighted by Crippen LogP contribution is 2.63. The van der Waals surface area contributed by atoms with E-state index in [0.29, 0.717) is 35.7 Å². The van der Waals surface area contributed by atoms with Crippen LogP contribution in [0.1, 0.15) is 52.4 Å². The van der Waals surface area contributed by atoms with Gasteiger partial charge in [0.2, 0.25) is 0 Å². The van der Waals surface area contributed by atoms with Crippen molar-refractivity contribution in [3.05, 3.63) is 53.8 Å². The molecule has 0 heterocycles. The van der Waals surface area contributed by atoms with Crippen molar-refractivity contribution in [2.45, 2.75) is 52.4 Å². The molecule has 3 nitrogen and oxygen atoms in total. The molecular formula is C25H28O3. The van der Waals surface area contributed by atoms with Crippen molar-refractivity contribution in [1.82, 2.24) is 0 Å². The maximum Gasteiger partial charge on any atom is 0.198 e. The molecule has 2 saturated carbocycles. The fourth-order valence-corrected chi connectivity index (χ4v) is 6.59. The normalized spacial score (nSPS) is 39.4. The third-order valence-corrected chi connectivity index (χ3v) is 8.29. The van der Waals surface area contributed by atoms with Crippen LogP contribution in [0.3, 0.4) is 0 Å². The van der Waals surface area contributed by atoms with Crippen molar-refractivity contribution in [1.29, 1.82) is 0 Å². The van der Waals surface area contributed by atoms with Gasteiger partial charge in [0.1, 0.15) is 11.5 Å². The lowest BCUT2D eigenvalue weighted by Gasteiger charge is -2.54. The number of rotatable bonds is 2. The molecule has 4 aliphatic rings. The molecular weight excluding hydrogens is 348 g/mol. The first kappa shape index (κ1) is 17.9. The zero-order valence-corrected chi connectivity index (χ0v) is 16.7. The summed E-state index contributed by atoms with van der Waals surface area (Å²) in [7, 11) is 0. The Hall–Kier alpha value is -2.16. The second-order valence-corrected chi connectivity index (χ2v) is 9.57. The molecule has 0 aliphatic heterocycles. The van der Waals surface area contributed by atoms with E-state index in [0.717, 1.165) is 43.4 Å². The molecule has 1 aromatic rings. The molecule has 5 atom stereocenters. The Labute approximate surface area is 166 Å².